The number of morpholine rings is 1. The van der Waals surface area contributed by atoms with Gasteiger partial charge in [-0.2, -0.15) is 0 Å². The second kappa shape index (κ2) is 7.43. The largest absolute Gasteiger partial charge is 0.378 e. The van der Waals surface area contributed by atoms with Crippen molar-refractivity contribution in [1.29, 1.82) is 0 Å². The highest BCUT2D eigenvalue weighted by Crippen LogP contribution is 2.30. The molecule has 0 saturated carbocycles. The maximum absolute atomic E-state index is 12.2. The van der Waals surface area contributed by atoms with Crippen molar-refractivity contribution in [2.45, 2.75) is 19.3 Å². The van der Waals surface area contributed by atoms with Crippen LogP contribution < -0.4 is 15.8 Å². The maximum atomic E-state index is 12.2. The van der Waals surface area contributed by atoms with Gasteiger partial charge in [-0.15, -0.1) is 11.3 Å². The van der Waals surface area contributed by atoms with Crippen LogP contribution >= 0.6 is 11.3 Å². The van der Waals surface area contributed by atoms with Gasteiger partial charge in [0.25, 0.3) is 11.8 Å². The summed E-state index contributed by atoms with van der Waals surface area (Å²) < 4.78 is 5.32. The number of amides is 2. The number of aryl methyl sites for hydroxylation is 2. The number of rotatable bonds is 3. The number of nitrogens with zero attached hydrogens (tertiary/aromatic N) is 2. The molecule has 0 aromatic carbocycles. The highest BCUT2D eigenvalue weighted by Gasteiger charge is 2.19. The molecule has 2 amide bonds. The van der Waals surface area contributed by atoms with Crippen LogP contribution in [-0.4, -0.2) is 43.1 Å². The number of aromatic nitrogens is 1. The van der Waals surface area contributed by atoms with Gasteiger partial charge in [0.2, 0.25) is 0 Å². The molecule has 8 heteroatoms. The molecule has 0 radical (unpaired) electrons. The van der Waals surface area contributed by atoms with Crippen LogP contribution in [0.1, 0.15) is 36.9 Å². The van der Waals surface area contributed by atoms with Gasteiger partial charge in [-0.1, -0.05) is 0 Å². The Labute approximate surface area is 155 Å². The van der Waals surface area contributed by atoms with Crippen molar-refractivity contribution in [2.75, 3.05) is 31.2 Å². The summed E-state index contributed by atoms with van der Waals surface area (Å²) in [5.41, 5.74) is 6.59. The number of thiophene rings is 1. The molecule has 2 aromatic heterocycles. The van der Waals surface area contributed by atoms with Crippen molar-refractivity contribution in [1.82, 2.24) is 15.8 Å². The van der Waals surface area contributed by atoms with Gasteiger partial charge in [-0.25, -0.2) is 4.98 Å². The summed E-state index contributed by atoms with van der Waals surface area (Å²) >= 11 is 1.50. The molecule has 0 bridgehead atoms. The fraction of sp³-hybridized carbons (Fsp3) is 0.389. The average molecular weight is 372 g/mol. The van der Waals surface area contributed by atoms with Crippen molar-refractivity contribution in [3.8, 4) is 0 Å². The predicted molar refractivity (Wildman–Crippen MR) is 98.5 cm³/mol. The summed E-state index contributed by atoms with van der Waals surface area (Å²) in [4.78, 5) is 32.8. The fourth-order valence-corrected chi connectivity index (χ4v) is 4.34. The van der Waals surface area contributed by atoms with Crippen LogP contribution in [-0.2, 0) is 17.6 Å². The lowest BCUT2D eigenvalue weighted by Crippen LogP contribution is -2.41. The Kier molecular flexibility index (Phi) is 4.85. The Morgan fingerprint density at radius 2 is 1.92 bits per heavy atom. The molecule has 26 heavy (non-hydrogen) atoms. The number of hydrogen-bond acceptors (Lipinski definition) is 6. The second-order valence-electron chi connectivity index (χ2n) is 6.33. The van der Waals surface area contributed by atoms with E-state index in [1.807, 2.05) is 12.1 Å². The summed E-state index contributed by atoms with van der Waals surface area (Å²) in [7, 11) is 0. The van der Waals surface area contributed by atoms with E-state index < -0.39 is 0 Å². The minimum absolute atomic E-state index is 0.282. The zero-order chi connectivity index (χ0) is 17.9. The van der Waals surface area contributed by atoms with Crippen LogP contribution in [0.2, 0.25) is 0 Å². The minimum Gasteiger partial charge on any atom is -0.378 e. The SMILES string of the molecule is O=C(NNC(=O)c1cc2c(s1)CCC2)c1ccc(N2CCOCC2)nc1. The number of carbonyl (C=O) groups excluding carboxylic acids is 2. The first-order valence-corrected chi connectivity index (χ1v) is 9.53. The van der Waals surface area contributed by atoms with Gasteiger partial charge in [0, 0.05) is 24.2 Å². The Morgan fingerprint density at radius 1 is 1.12 bits per heavy atom. The first kappa shape index (κ1) is 17.0. The van der Waals surface area contributed by atoms with Crippen LogP contribution in [0.3, 0.4) is 0 Å². The lowest BCUT2D eigenvalue weighted by atomic mass is 10.2. The first-order chi connectivity index (χ1) is 12.7. The van der Waals surface area contributed by atoms with E-state index in [1.54, 1.807) is 6.07 Å². The molecule has 7 nitrogen and oxygen atoms in total. The lowest BCUT2D eigenvalue weighted by Gasteiger charge is -2.27. The van der Waals surface area contributed by atoms with Crippen LogP contribution in [0.4, 0.5) is 5.82 Å². The molecule has 136 valence electrons. The molecule has 3 heterocycles. The van der Waals surface area contributed by atoms with Crippen molar-refractivity contribution >= 4 is 29.0 Å². The third kappa shape index (κ3) is 3.56. The molecule has 2 aliphatic rings. The quantitative estimate of drug-likeness (QED) is 0.799. The van der Waals surface area contributed by atoms with Crippen LogP contribution in [0, 0.1) is 0 Å². The molecule has 4 rings (SSSR count). The summed E-state index contributed by atoms with van der Waals surface area (Å²) in [6.45, 7) is 2.95. The summed E-state index contributed by atoms with van der Waals surface area (Å²) in [5, 5.41) is 0. The van der Waals surface area contributed by atoms with E-state index in [-0.39, 0.29) is 11.8 Å². The number of hydrogen-bond donors (Lipinski definition) is 2. The molecular weight excluding hydrogens is 352 g/mol. The number of ether oxygens (including phenoxy) is 1. The molecule has 1 aliphatic carbocycles. The van der Waals surface area contributed by atoms with Gasteiger partial charge in [-0.05, 0) is 43.0 Å². The van der Waals surface area contributed by atoms with Crippen LogP contribution in [0.15, 0.2) is 24.4 Å². The number of fused-ring (bicyclic) bond motifs is 1. The molecule has 2 aromatic rings. The van der Waals surface area contributed by atoms with E-state index in [9.17, 15) is 9.59 Å². The summed E-state index contributed by atoms with van der Waals surface area (Å²) in [6, 6.07) is 5.44. The van der Waals surface area contributed by atoms with E-state index in [4.69, 9.17) is 4.74 Å². The maximum Gasteiger partial charge on any atom is 0.279 e. The topological polar surface area (TPSA) is 83.6 Å². The number of pyridine rings is 1. The summed E-state index contributed by atoms with van der Waals surface area (Å²) in [5.74, 6) is 0.154. The van der Waals surface area contributed by atoms with E-state index in [1.165, 1.54) is 28.0 Å². The number of carbonyl (C=O) groups is 2. The molecule has 0 spiro atoms. The number of hydrazine groups is 1. The minimum atomic E-state index is -0.386. The van der Waals surface area contributed by atoms with E-state index in [0.29, 0.717) is 23.7 Å². The molecular formula is C18H20N4O3S. The summed E-state index contributed by atoms with van der Waals surface area (Å²) in [6.07, 6.45) is 4.76. The van der Waals surface area contributed by atoms with E-state index in [0.717, 1.165) is 38.2 Å². The van der Waals surface area contributed by atoms with Gasteiger partial charge in [0.15, 0.2) is 0 Å². The average Bonchev–Trinajstić information content (AvgIpc) is 3.29. The number of anilines is 1. The molecule has 1 fully saturated rings. The third-order valence-electron chi connectivity index (χ3n) is 4.61. The van der Waals surface area contributed by atoms with Crippen molar-refractivity contribution in [3.63, 3.8) is 0 Å². The monoisotopic (exact) mass is 372 g/mol. The zero-order valence-electron chi connectivity index (χ0n) is 14.3. The Hall–Kier alpha value is -2.45. The lowest BCUT2D eigenvalue weighted by molar-refractivity contribution is 0.0848. The Morgan fingerprint density at radius 3 is 2.65 bits per heavy atom. The fourth-order valence-electron chi connectivity index (χ4n) is 3.19. The Balaban J connectivity index is 1.33. The molecule has 0 atom stereocenters. The van der Waals surface area contributed by atoms with Crippen molar-refractivity contribution in [2.24, 2.45) is 0 Å². The van der Waals surface area contributed by atoms with Crippen LogP contribution in [0.25, 0.3) is 0 Å². The van der Waals surface area contributed by atoms with Crippen molar-refractivity contribution in [3.05, 3.63) is 45.3 Å². The van der Waals surface area contributed by atoms with Gasteiger partial charge in [0.1, 0.15) is 5.82 Å². The Bertz CT molecular complexity index is 791. The first-order valence-electron chi connectivity index (χ1n) is 8.72. The zero-order valence-corrected chi connectivity index (χ0v) is 15.1. The van der Waals surface area contributed by atoms with Gasteiger partial charge < -0.3 is 9.64 Å². The van der Waals surface area contributed by atoms with Gasteiger partial charge in [0.05, 0.1) is 23.7 Å². The molecule has 0 unspecified atom stereocenters. The molecule has 2 N–H and O–H groups in total. The van der Waals surface area contributed by atoms with E-state index >= 15 is 0 Å². The van der Waals surface area contributed by atoms with Gasteiger partial charge in [-0.3, -0.25) is 20.4 Å². The van der Waals surface area contributed by atoms with Crippen molar-refractivity contribution < 1.29 is 14.3 Å². The third-order valence-corrected chi connectivity index (χ3v) is 5.84. The highest BCUT2D eigenvalue weighted by molar-refractivity contribution is 7.14. The van der Waals surface area contributed by atoms with E-state index in [2.05, 4.69) is 20.7 Å². The molecule has 1 aliphatic heterocycles. The second-order valence-corrected chi connectivity index (χ2v) is 7.46. The predicted octanol–water partition coefficient (Wildman–Crippen LogP) is 1.54. The normalized spacial score (nSPS) is 16.2. The molecule has 1 saturated heterocycles. The standard InChI is InChI=1S/C18H20N4O3S/c23-17(13-4-5-16(19-11-13)22-6-8-25-9-7-22)20-21-18(24)15-10-12-2-1-3-14(12)26-15/h4-5,10-11H,1-3,6-9H2,(H,20,23)(H,21,24). The highest BCUT2D eigenvalue weighted by atomic mass is 32.1. The van der Waals surface area contributed by atoms with Gasteiger partial charge >= 0.3 is 0 Å². The smallest absolute Gasteiger partial charge is 0.279 e. The van der Waals surface area contributed by atoms with Crippen LogP contribution in [0.5, 0.6) is 0 Å². The number of nitrogens with one attached hydrogen (secondary N) is 2.